The molecule has 45 heavy (non-hydrogen) atoms. The first-order valence-electron chi connectivity index (χ1n) is 14.5. The fourth-order valence-electron chi connectivity index (χ4n) is 5.12. The zero-order valence-corrected chi connectivity index (χ0v) is 25.2. The number of nitrogens with one attached hydrogen (secondary N) is 1. The van der Waals surface area contributed by atoms with Crippen LogP contribution in [0.2, 0.25) is 0 Å². The number of para-hydroxylation sites is 2. The van der Waals surface area contributed by atoms with Gasteiger partial charge in [-0.3, -0.25) is 4.79 Å². The molecule has 1 N–H and O–H groups in total. The van der Waals surface area contributed by atoms with E-state index in [-0.39, 0.29) is 0 Å². The van der Waals surface area contributed by atoms with E-state index in [9.17, 15) is 4.79 Å². The fourth-order valence-corrected chi connectivity index (χ4v) is 5.99. The van der Waals surface area contributed by atoms with Crippen molar-refractivity contribution in [3.05, 3.63) is 162 Å². The maximum Gasteiger partial charge on any atom is 0.290 e. The van der Waals surface area contributed by atoms with Crippen LogP contribution in [0.25, 0.3) is 44.3 Å². The summed E-state index contributed by atoms with van der Waals surface area (Å²) in [6.07, 6.45) is 0. The largest absolute Gasteiger partial charge is 0.290 e. The van der Waals surface area contributed by atoms with Crippen molar-refractivity contribution in [1.82, 2.24) is 25.0 Å². The first kappa shape index (κ1) is 27.9. The van der Waals surface area contributed by atoms with Gasteiger partial charge >= 0.3 is 0 Å². The molecule has 0 saturated carbocycles. The molecule has 0 spiro atoms. The van der Waals surface area contributed by atoms with Crippen LogP contribution in [0.4, 0.5) is 0 Å². The van der Waals surface area contributed by atoms with Gasteiger partial charge in [-0.05, 0) is 36.8 Å². The number of aromatic nitrogens is 4. The van der Waals surface area contributed by atoms with E-state index < -0.39 is 5.91 Å². The molecule has 218 valence electrons. The number of aryl methyl sites for hydroxylation is 1. The predicted octanol–water partition coefficient (Wildman–Crippen LogP) is 7.67. The molecular formula is C37H28N6OS. The molecule has 0 bridgehead atoms. The van der Waals surface area contributed by atoms with Crippen molar-refractivity contribution in [3.8, 4) is 44.3 Å². The molecule has 0 atom stereocenters. The van der Waals surface area contributed by atoms with Crippen LogP contribution in [0.5, 0.6) is 0 Å². The highest BCUT2D eigenvalue weighted by atomic mass is 32.1. The lowest BCUT2D eigenvalue weighted by Crippen LogP contribution is -2.26. The van der Waals surface area contributed by atoms with Gasteiger partial charge in [0, 0.05) is 16.7 Å². The molecule has 2 aromatic heterocycles. The van der Waals surface area contributed by atoms with Gasteiger partial charge in [0.05, 0.1) is 11.4 Å². The van der Waals surface area contributed by atoms with E-state index in [1.54, 1.807) is 9.36 Å². The van der Waals surface area contributed by atoms with Crippen LogP contribution in [-0.4, -0.2) is 25.5 Å². The Morgan fingerprint density at radius 3 is 1.76 bits per heavy atom. The van der Waals surface area contributed by atoms with E-state index in [2.05, 4.69) is 10.5 Å². The summed E-state index contributed by atoms with van der Waals surface area (Å²) in [5, 5.41) is 15.3. The Labute approximate surface area is 264 Å². The van der Waals surface area contributed by atoms with E-state index in [0.29, 0.717) is 16.2 Å². The monoisotopic (exact) mass is 604 g/mol. The quantitative estimate of drug-likeness (QED) is 0.190. The number of amides is 1. The van der Waals surface area contributed by atoms with Gasteiger partial charge in [0.25, 0.3) is 5.91 Å². The topological polar surface area (TPSA) is 77.1 Å². The average Bonchev–Trinajstić information content (AvgIpc) is 3.72. The molecular weight excluding hydrogens is 577 g/mol. The van der Waals surface area contributed by atoms with Crippen LogP contribution in [0.15, 0.2) is 151 Å². The standard InChI is InChI=1S/C37H28N6OS/c1-26-22-24-27(25-23-26)32-33(28-14-6-2-7-15-28)40-42(30-18-10-4-11-19-30)34(32)35(44)38-39-37-43(31-20-12-5-13-21-31)41-36(45-37)29-16-8-3-9-17-29/h2-25H,1H3,(H,38,44)/b39-37-. The molecule has 5 aromatic carbocycles. The molecule has 0 aliphatic heterocycles. The molecule has 0 unspecified atom stereocenters. The van der Waals surface area contributed by atoms with Crippen molar-refractivity contribution in [3.63, 3.8) is 0 Å². The summed E-state index contributed by atoms with van der Waals surface area (Å²) >= 11 is 1.40. The first-order chi connectivity index (χ1) is 22.2. The molecule has 0 radical (unpaired) electrons. The Hall–Kier alpha value is -5.86. The van der Waals surface area contributed by atoms with Crippen molar-refractivity contribution < 1.29 is 4.79 Å². The fraction of sp³-hybridized carbons (Fsp3) is 0.0270. The Bertz CT molecular complexity index is 2130. The summed E-state index contributed by atoms with van der Waals surface area (Å²) in [5.41, 5.74) is 10.2. The van der Waals surface area contributed by atoms with Crippen LogP contribution in [0.3, 0.4) is 0 Å². The second-order valence-electron chi connectivity index (χ2n) is 10.4. The van der Waals surface area contributed by atoms with Gasteiger partial charge in [-0.15, -0.1) is 5.10 Å². The number of benzene rings is 5. The summed E-state index contributed by atoms with van der Waals surface area (Å²) in [6.45, 7) is 2.04. The molecule has 7 aromatic rings. The minimum atomic E-state index is -0.390. The third-order valence-corrected chi connectivity index (χ3v) is 8.28. The molecule has 0 aliphatic carbocycles. The number of hydrogen-bond acceptors (Lipinski definition) is 5. The van der Waals surface area contributed by atoms with Gasteiger partial charge < -0.3 is 0 Å². The second kappa shape index (κ2) is 12.4. The van der Waals surface area contributed by atoms with Crippen molar-refractivity contribution in [2.24, 2.45) is 5.10 Å². The van der Waals surface area contributed by atoms with Crippen LogP contribution >= 0.6 is 11.3 Å². The SMILES string of the molecule is Cc1ccc(-c2c(-c3ccccc3)nn(-c3ccccc3)c2C(=O)N/N=c2\sc(-c3ccccc3)nn2-c2ccccc2)cc1. The van der Waals surface area contributed by atoms with Gasteiger partial charge in [0.1, 0.15) is 16.4 Å². The van der Waals surface area contributed by atoms with E-state index in [0.717, 1.165) is 44.2 Å². The summed E-state index contributed by atoms with van der Waals surface area (Å²) < 4.78 is 3.45. The minimum absolute atomic E-state index is 0.381. The summed E-state index contributed by atoms with van der Waals surface area (Å²) in [6, 6.07) is 47.5. The average molecular weight is 605 g/mol. The lowest BCUT2D eigenvalue weighted by Gasteiger charge is -2.09. The lowest BCUT2D eigenvalue weighted by atomic mass is 9.97. The van der Waals surface area contributed by atoms with Gasteiger partial charge in [0.15, 0.2) is 0 Å². The first-order valence-corrected chi connectivity index (χ1v) is 15.3. The highest BCUT2D eigenvalue weighted by Gasteiger charge is 2.26. The predicted molar refractivity (Wildman–Crippen MR) is 179 cm³/mol. The molecule has 7 nitrogen and oxygen atoms in total. The molecule has 2 heterocycles. The molecule has 8 heteroatoms. The van der Waals surface area contributed by atoms with E-state index >= 15 is 0 Å². The van der Waals surface area contributed by atoms with Crippen LogP contribution in [0.1, 0.15) is 16.1 Å². The number of nitrogens with zero attached hydrogens (tertiary/aromatic N) is 5. The van der Waals surface area contributed by atoms with Gasteiger partial charge in [0.2, 0.25) is 4.80 Å². The molecule has 1 amide bonds. The van der Waals surface area contributed by atoms with Crippen LogP contribution < -0.4 is 10.2 Å². The molecule has 0 fully saturated rings. The van der Waals surface area contributed by atoms with E-state index in [1.807, 2.05) is 153 Å². The lowest BCUT2D eigenvalue weighted by molar-refractivity contribution is 0.0946. The van der Waals surface area contributed by atoms with Crippen LogP contribution in [-0.2, 0) is 0 Å². The zero-order chi connectivity index (χ0) is 30.6. The maximum absolute atomic E-state index is 14.4. The third-order valence-electron chi connectivity index (χ3n) is 7.32. The third kappa shape index (κ3) is 5.74. The molecule has 0 aliphatic rings. The summed E-state index contributed by atoms with van der Waals surface area (Å²) in [5.74, 6) is -0.390. The van der Waals surface area contributed by atoms with Gasteiger partial charge in [-0.1, -0.05) is 138 Å². The van der Waals surface area contributed by atoms with Crippen LogP contribution in [0, 0.1) is 6.92 Å². The van der Waals surface area contributed by atoms with Crippen molar-refractivity contribution in [2.75, 3.05) is 0 Å². The Kier molecular flexibility index (Phi) is 7.70. The van der Waals surface area contributed by atoms with E-state index in [1.165, 1.54) is 11.3 Å². The normalized spacial score (nSPS) is 11.4. The van der Waals surface area contributed by atoms with E-state index in [4.69, 9.17) is 10.2 Å². The molecule has 7 rings (SSSR count). The van der Waals surface area contributed by atoms with Gasteiger partial charge in [-0.2, -0.15) is 10.2 Å². The van der Waals surface area contributed by atoms with Crippen molar-refractivity contribution in [1.29, 1.82) is 0 Å². The summed E-state index contributed by atoms with van der Waals surface area (Å²) in [7, 11) is 0. The maximum atomic E-state index is 14.4. The minimum Gasteiger partial charge on any atom is -0.266 e. The number of hydrogen-bond donors (Lipinski definition) is 1. The second-order valence-corrected chi connectivity index (χ2v) is 11.4. The number of carbonyl (C=O) groups is 1. The smallest absolute Gasteiger partial charge is 0.266 e. The van der Waals surface area contributed by atoms with Crippen molar-refractivity contribution >= 4 is 17.2 Å². The number of carbonyl (C=O) groups excluding carboxylic acids is 1. The molecule has 0 saturated heterocycles. The Morgan fingerprint density at radius 1 is 0.622 bits per heavy atom. The van der Waals surface area contributed by atoms with Gasteiger partial charge in [-0.25, -0.2) is 14.8 Å². The Morgan fingerprint density at radius 2 is 1.16 bits per heavy atom. The highest BCUT2D eigenvalue weighted by molar-refractivity contribution is 7.12. The van der Waals surface area contributed by atoms with Crippen molar-refractivity contribution in [2.45, 2.75) is 6.92 Å². The highest BCUT2D eigenvalue weighted by Crippen LogP contribution is 2.36. The summed E-state index contributed by atoms with van der Waals surface area (Å²) in [4.78, 5) is 14.9. The number of rotatable bonds is 7. The zero-order valence-electron chi connectivity index (χ0n) is 24.4. The Balaban J connectivity index is 1.40.